The number of benzene rings is 1. The third-order valence-corrected chi connectivity index (χ3v) is 7.69. The quantitative estimate of drug-likeness (QED) is 0.423. The van der Waals surface area contributed by atoms with Crippen molar-refractivity contribution < 1.29 is 19.0 Å². The minimum absolute atomic E-state index is 0.0255. The highest BCUT2D eigenvalue weighted by Gasteiger charge is 2.47. The van der Waals surface area contributed by atoms with Gasteiger partial charge in [0.25, 0.3) is 5.56 Å². The number of nitrogens with zero attached hydrogens (tertiary/aromatic N) is 2. The first-order chi connectivity index (χ1) is 16.1. The maximum absolute atomic E-state index is 14.6. The molecule has 4 heterocycles. The van der Waals surface area contributed by atoms with Gasteiger partial charge in [-0.15, -0.1) is 0 Å². The van der Waals surface area contributed by atoms with E-state index >= 15 is 0 Å². The molecule has 2 atom stereocenters. The number of hydrogen-bond acceptors (Lipinski definition) is 6. The Morgan fingerprint density at radius 3 is 2.82 bits per heavy atom. The van der Waals surface area contributed by atoms with Crippen LogP contribution in [0.4, 0.5) is 4.39 Å². The lowest BCUT2D eigenvalue weighted by Crippen LogP contribution is -2.45. The van der Waals surface area contributed by atoms with Gasteiger partial charge in [0, 0.05) is 28.6 Å². The zero-order chi connectivity index (χ0) is 24.1. The van der Waals surface area contributed by atoms with Gasteiger partial charge in [-0.2, -0.15) is 0 Å². The van der Waals surface area contributed by atoms with Crippen molar-refractivity contribution in [3.8, 4) is 11.4 Å². The molecular formula is C25H23ClFN3O4. The third-order valence-electron chi connectivity index (χ3n) is 7.28. The molecule has 2 aliphatic heterocycles. The molecule has 0 fully saturated rings. The van der Waals surface area contributed by atoms with Gasteiger partial charge in [0.2, 0.25) is 0 Å². The first-order valence-corrected chi connectivity index (χ1v) is 11.8. The maximum Gasteiger partial charge on any atom is 0.343 e. The van der Waals surface area contributed by atoms with Crippen molar-refractivity contribution in [1.82, 2.24) is 9.55 Å². The Morgan fingerprint density at radius 1 is 1.32 bits per heavy atom. The zero-order valence-corrected chi connectivity index (χ0v) is 19.5. The fourth-order valence-corrected chi connectivity index (χ4v) is 6.08. The van der Waals surface area contributed by atoms with E-state index in [1.54, 1.807) is 10.6 Å². The second-order valence-corrected chi connectivity index (χ2v) is 10.3. The minimum Gasteiger partial charge on any atom is -0.458 e. The Bertz CT molecular complexity index is 1500. The Labute approximate surface area is 199 Å². The average Bonchev–Trinajstić information content (AvgIpc) is 3.14. The molecule has 176 valence electrons. The van der Waals surface area contributed by atoms with Crippen LogP contribution in [-0.2, 0) is 34.7 Å². The summed E-state index contributed by atoms with van der Waals surface area (Å²) in [5.41, 5.74) is 8.50. The number of halogens is 2. The summed E-state index contributed by atoms with van der Waals surface area (Å²) in [6.45, 7) is 3.81. The molecule has 9 heteroatoms. The van der Waals surface area contributed by atoms with Crippen molar-refractivity contribution in [3.05, 3.63) is 61.1 Å². The first-order valence-electron chi connectivity index (χ1n) is 11.4. The standard InChI is InChI=1S/C25H23ClFN3O4/c1-10(2)7-25(33)14-5-18-22-12(8-30(18)23(31)13(14)9-34-24(25)32)19-16(28)4-3-11-20(19)17(29-22)6-15(27)21(11)26/h5-6,10,16,33H,3-4,7-9,28H2,1-2H3/t16-,25+/m1/s1. The SMILES string of the molecule is CC(C)C[C@@]1(O)C(=O)OCc2c1cc1n(c2=O)Cc2c-1nc1cc(F)c(Cl)c3c1c2[C@H](N)CC3. The van der Waals surface area contributed by atoms with Crippen molar-refractivity contribution in [2.75, 3.05) is 0 Å². The molecule has 3 aliphatic rings. The lowest BCUT2D eigenvalue weighted by molar-refractivity contribution is -0.174. The second kappa shape index (κ2) is 7.10. The molecule has 3 N–H and O–H groups in total. The molecule has 0 amide bonds. The molecular weight excluding hydrogens is 461 g/mol. The number of nitrogens with two attached hydrogens (primary N) is 1. The third kappa shape index (κ3) is 2.73. The highest BCUT2D eigenvalue weighted by molar-refractivity contribution is 6.32. The van der Waals surface area contributed by atoms with Gasteiger partial charge in [0.05, 0.1) is 34.0 Å². The number of esters is 1. The molecule has 0 bridgehead atoms. The number of ether oxygens (including phenoxy) is 1. The largest absolute Gasteiger partial charge is 0.458 e. The minimum atomic E-state index is -1.92. The summed E-state index contributed by atoms with van der Waals surface area (Å²) >= 11 is 6.29. The van der Waals surface area contributed by atoms with Gasteiger partial charge in [-0.05, 0) is 42.4 Å². The molecule has 34 heavy (non-hydrogen) atoms. The Hall–Kier alpha value is -2.81. The molecule has 1 aliphatic carbocycles. The average molecular weight is 484 g/mol. The van der Waals surface area contributed by atoms with Crippen LogP contribution in [0.2, 0.25) is 5.02 Å². The van der Waals surface area contributed by atoms with Crippen LogP contribution in [0.1, 0.15) is 60.5 Å². The van der Waals surface area contributed by atoms with Crippen LogP contribution in [0.15, 0.2) is 16.9 Å². The van der Waals surface area contributed by atoms with E-state index in [4.69, 9.17) is 27.1 Å². The van der Waals surface area contributed by atoms with Crippen molar-refractivity contribution in [2.45, 2.75) is 57.9 Å². The van der Waals surface area contributed by atoms with Gasteiger partial charge >= 0.3 is 5.97 Å². The van der Waals surface area contributed by atoms with Crippen molar-refractivity contribution in [3.63, 3.8) is 0 Å². The van der Waals surface area contributed by atoms with Crippen LogP contribution in [-0.4, -0.2) is 20.6 Å². The molecule has 6 rings (SSSR count). The normalized spacial score (nSPS) is 22.6. The summed E-state index contributed by atoms with van der Waals surface area (Å²) < 4.78 is 21.4. The number of cyclic esters (lactones) is 1. The number of fused-ring (bicyclic) bond motifs is 5. The summed E-state index contributed by atoms with van der Waals surface area (Å²) in [4.78, 5) is 30.9. The van der Waals surface area contributed by atoms with Gasteiger partial charge in [0.15, 0.2) is 5.60 Å². The molecule has 1 aromatic carbocycles. The number of pyridine rings is 2. The fourth-order valence-electron chi connectivity index (χ4n) is 5.84. The van der Waals surface area contributed by atoms with Crippen LogP contribution in [0.5, 0.6) is 0 Å². The number of hydrogen-bond donors (Lipinski definition) is 2. The molecule has 3 aromatic rings. The van der Waals surface area contributed by atoms with Crippen molar-refractivity contribution in [2.24, 2.45) is 11.7 Å². The summed E-state index contributed by atoms with van der Waals surface area (Å²) in [6.07, 6.45) is 1.26. The van der Waals surface area contributed by atoms with E-state index in [2.05, 4.69) is 0 Å². The van der Waals surface area contributed by atoms with Crippen LogP contribution in [0.3, 0.4) is 0 Å². The van der Waals surface area contributed by atoms with Gasteiger partial charge in [-0.1, -0.05) is 25.4 Å². The monoisotopic (exact) mass is 483 g/mol. The maximum atomic E-state index is 14.6. The molecule has 0 spiro atoms. The predicted molar refractivity (Wildman–Crippen MR) is 124 cm³/mol. The Morgan fingerprint density at radius 2 is 2.09 bits per heavy atom. The topological polar surface area (TPSA) is 107 Å². The molecule has 0 saturated heterocycles. The van der Waals surface area contributed by atoms with E-state index in [0.717, 1.165) is 16.5 Å². The van der Waals surface area contributed by atoms with Crippen LogP contribution < -0.4 is 11.3 Å². The Kier molecular flexibility index (Phi) is 4.53. The van der Waals surface area contributed by atoms with E-state index in [1.807, 2.05) is 13.8 Å². The lowest BCUT2D eigenvalue weighted by atomic mass is 9.81. The van der Waals surface area contributed by atoms with Crippen molar-refractivity contribution in [1.29, 1.82) is 0 Å². The van der Waals surface area contributed by atoms with E-state index < -0.39 is 17.4 Å². The van der Waals surface area contributed by atoms with E-state index in [-0.39, 0.29) is 53.2 Å². The Balaban J connectivity index is 1.66. The zero-order valence-electron chi connectivity index (χ0n) is 18.7. The van der Waals surface area contributed by atoms with Crippen LogP contribution in [0.25, 0.3) is 22.3 Å². The highest BCUT2D eigenvalue weighted by Crippen LogP contribution is 2.46. The lowest BCUT2D eigenvalue weighted by Gasteiger charge is -2.33. The number of carbonyl (C=O) groups is 1. The molecule has 0 unspecified atom stereocenters. The highest BCUT2D eigenvalue weighted by atomic mass is 35.5. The second-order valence-electron chi connectivity index (χ2n) is 9.89. The van der Waals surface area contributed by atoms with Gasteiger partial charge in [0.1, 0.15) is 12.4 Å². The van der Waals surface area contributed by atoms with Gasteiger partial charge in [-0.3, -0.25) is 4.79 Å². The van der Waals surface area contributed by atoms with Crippen LogP contribution in [0, 0.1) is 11.7 Å². The molecule has 7 nitrogen and oxygen atoms in total. The summed E-state index contributed by atoms with van der Waals surface area (Å²) in [5.74, 6) is -1.34. The summed E-state index contributed by atoms with van der Waals surface area (Å²) in [7, 11) is 0. The number of rotatable bonds is 2. The number of aromatic nitrogens is 2. The molecule has 0 radical (unpaired) electrons. The summed E-state index contributed by atoms with van der Waals surface area (Å²) in [5, 5.41) is 12.2. The van der Waals surface area contributed by atoms with Crippen molar-refractivity contribution >= 4 is 28.5 Å². The van der Waals surface area contributed by atoms with E-state index in [0.29, 0.717) is 35.3 Å². The predicted octanol–water partition coefficient (Wildman–Crippen LogP) is 3.45. The smallest absolute Gasteiger partial charge is 0.343 e. The number of aliphatic hydroxyl groups is 1. The van der Waals surface area contributed by atoms with E-state index in [9.17, 15) is 19.1 Å². The fraction of sp³-hybridized carbons (Fsp3) is 0.400. The number of carbonyl (C=O) groups excluding carboxylic acids is 1. The van der Waals surface area contributed by atoms with Crippen LogP contribution >= 0.6 is 11.6 Å². The van der Waals surface area contributed by atoms with Gasteiger partial charge in [-0.25, -0.2) is 14.2 Å². The number of aryl methyl sites for hydroxylation is 1. The first kappa shape index (κ1) is 21.7. The molecule has 0 saturated carbocycles. The van der Waals surface area contributed by atoms with E-state index in [1.165, 1.54) is 6.07 Å². The van der Waals surface area contributed by atoms with Gasteiger partial charge < -0.3 is 20.1 Å². The molecule has 2 aromatic heterocycles. The summed E-state index contributed by atoms with van der Waals surface area (Å²) in [6, 6.07) is 2.66.